The number of thiazole rings is 1. The fraction of sp³-hybridized carbons (Fsp3) is 0.242. The van der Waals surface area contributed by atoms with Gasteiger partial charge in [-0.25, -0.2) is 4.98 Å². The average molecular weight is 575 g/mol. The van der Waals surface area contributed by atoms with E-state index in [0.717, 1.165) is 34.7 Å². The first-order valence-electron chi connectivity index (χ1n) is 13.9. The summed E-state index contributed by atoms with van der Waals surface area (Å²) in [7, 11) is 0. The Balaban J connectivity index is 1.40. The zero-order valence-electron chi connectivity index (χ0n) is 23.4. The van der Waals surface area contributed by atoms with Crippen LogP contribution in [0.25, 0.3) is 22.6 Å². The molecule has 6 rings (SSSR count). The van der Waals surface area contributed by atoms with Crippen LogP contribution in [0.1, 0.15) is 63.9 Å². The maximum Gasteiger partial charge on any atom is 0.254 e. The molecule has 2 atom stereocenters. The molecule has 3 heterocycles. The molecule has 1 saturated heterocycles. The van der Waals surface area contributed by atoms with E-state index < -0.39 is 5.54 Å². The summed E-state index contributed by atoms with van der Waals surface area (Å²) in [6.07, 6.45) is 2.29. The van der Waals surface area contributed by atoms with Crippen molar-refractivity contribution in [2.45, 2.75) is 44.7 Å². The molecule has 8 nitrogen and oxygen atoms in total. The fourth-order valence-electron chi connectivity index (χ4n) is 5.49. The van der Waals surface area contributed by atoms with E-state index in [2.05, 4.69) is 21.3 Å². The smallest absolute Gasteiger partial charge is 0.254 e. The van der Waals surface area contributed by atoms with Crippen LogP contribution < -0.4 is 5.73 Å². The Bertz CT molecular complexity index is 1790. The number of nitrogens with two attached hydrogens (primary N) is 1. The second kappa shape index (κ2) is 11.3. The van der Waals surface area contributed by atoms with Crippen molar-refractivity contribution < 1.29 is 9.21 Å². The molecule has 210 valence electrons. The molecule has 2 aromatic heterocycles. The van der Waals surface area contributed by atoms with Gasteiger partial charge in [0.2, 0.25) is 11.8 Å². The van der Waals surface area contributed by atoms with Gasteiger partial charge in [-0.05, 0) is 74.1 Å². The Hall–Kier alpha value is -4.65. The maximum atomic E-state index is 14.1. The zero-order chi connectivity index (χ0) is 29.3. The molecule has 1 amide bonds. The van der Waals surface area contributed by atoms with Crippen LogP contribution in [0.4, 0.5) is 0 Å². The van der Waals surface area contributed by atoms with Gasteiger partial charge >= 0.3 is 0 Å². The second-order valence-electron chi connectivity index (χ2n) is 10.9. The van der Waals surface area contributed by atoms with Gasteiger partial charge in [-0.15, -0.1) is 21.5 Å². The molecule has 5 aromatic rings. The van der Waals surface area contributed by atoms with Crippen LogP contribution in [0.2, 0.25) is 0 Å². The molecule has 42 heavy (non-hydrogen) atoms. The Labute approximate surface area is 248 Å². The number of amides is 1. The number of hydrogen-bond acceptors (Lipinski definition) is 8. The molecule has 0 radical (unpaired) electrons. The number of benzene rings is 3. The van der Waals surface area contributed by atoms with Crippen molar-refractivity contribution in [1.82, 2.24) is 20.1 Å². The molecule has 0 aliphatic carbocycles. The van der Waals surface area contributed by atoms with E-state index in [9.17, 15) is 10.1 Å². The minimum absolute atomic E-state index is 0.0688. The third kappa shape index (κ3) is 5.47. The van der Waals surface area contributed by atoms with Crippen LogP contribution in [0.15, 0.2) is 82.6 Å². The first kappa shape index (κ1) is 27.5. The third-order valence-electron chi connectivity index (χ3n) is 7.55. The zero-order valence-corrected chi connectivity index (χ0v) is 24.3. The van der Waals surface area contributed by atoms with E-state index in [1.165, 1.54) is 0 Å². The minimum Gasteiger partial charge on any atom is -0.419 e. The first-order valence-corrected chi connectivity index (χ1v) is 14.7. The summed E-state index contributed by atoms with van der Waals surface area (Å²) in [5.41, 5.74) is 10.8. The average Bonchev–Trinajstić information content (AvgIpc) is 3.78. The van der Waals surface area contributed by atoms with Gasteiger partial charge in [0, 0.05) is 28.7 Å². The summed E-state index contributed by atoms with van der Waals surface area (Å²) in [6, 6.07) is 24.9. The lowest BCUT2D eigenvalue weighted by atomic mass is 9.94. The Morgan fingerprint density at radius 2 is 1.88 bits per heavy atom. The molecule has 9 heteroatoms. The Morgan fingerprint density at radius 1 is 1.12 bits per heavy atom. The van der Waals surface area contributed by atoms with E-state index >= 15 is 0 Å². The highest BCUT2D eigenvalue weighted by molar-refractivity contribution is 7.09. The van der Waals surface area contributed by atoms with Crippen LogP contribution in [-0.4, -0.2) is 32.5 Å². The van der Waals surface area contributed by atoms with Crippen LogP contribution in [0.3, 0.4) is 0 Å². The van der Waals surface area contributed by atoms with Gasteiger partial charge in [-0.3, -0.25) is 4.79 Å². The summed E-state index contributed by atoms with van der Waals surface area (Å²) in [5, 5.41) is 21.4. The van der Waals surface area contributed by atoms with Gasteiger partial charge in [0.1, 0.15) is 5.01 Å². The van der Waals surface area contributed by atoms with Crippen molar-refractivity contribution in [3.63, 3.8) is 0 Å². The first-order chi connectivity index (χ1) is 20.3. The molecule has 1 fully saturated rings. The van der Waals surface area contributed by atoms with E-state index in [0.29, 0.717) is 41.1 Å². The van der Waals surface area contributed by atoms with E-state index in [1.807, 2.05) is 84.8 Å². The molecular formula is C33H30N6O2S. The normalized spacial score (nSPS) is 16.2. The number of nitriles is 1. The molecule has 3 aromatic carbocycles. The maximum absolute atomic E-state index is 14.1. The predicted molar refractivity (Wildman–Crippen MR) is 161 cm³/mol. The van der Waals surface area contributed by atoms with Crippen LogP contribution in [0, 0.1) is 18.3 Å². The topological polar surface area (TPSA) is 122 Å². The lowest BCUT2D eigenvalue weighted by molar-refractivity contribution is 0.0735. The number of nitrogens with zero attached hydrogens (tertiary/aromatic N) is 5. The number of likely N-dealkylation sites (tertiary alicyclic amines) is 1. The van der Waals surface area contributed by atoms with Crippen molar-refractivity contribution >= 4 is 17.2 Å². The largest absolute Gasteiger partial charge is 0.419 e. The van der Waals surface area contributed by atoms with Crippen molar-refractivity contribution in [3.8, 4) is 28.7 Å². The monoisotopic (exact) mass is 574 g/mol. The van der Waals surface area contributed by atoms with E-state index in [4.69, 9.17) is 10.2 Å². The second-order valence-corrected chi connectivity index (χ2v) is 11.8. The number of aromatic nitrogens is 3. The highest BCUT2D eigenvalue weighted by Crippen LogP contribution is 2.37. The molecule has 1 aliphatic heterocycles. The standard InChI is InChI=1S/C33H30N6O2S/c1-21-20-42-30(36-21)28-13-8-14-39(28)31(40)26-16-24(27-12-7-6-11-23(27)19-34)15-25(17-26)29-37-38-32(41-29)33(2,35)18-22-9-4-3-5-10-22/h3-7,9-12,15-17,20,28H,8,13-14,18,35H2,1-2H3. The van der Waals surface area contributed by atoms with E-state index in [-0.39, 0.29) is 17.8 Å². The SMILES string of the molecule is Cc1csc(C2CCCN2C(=O)c2cc(-c3nnc(C(C)(N)Cc4ccccc4)o3)cc(-c3ccccc3C#N)c2)n1. The van der Waals surface area contributed by atoms with Gasteiger partial charge in [-0.2, -0.15) is 5.26 Å². The highest BCUT2D eigenvalue weighted by Gasteiger charge is 2.33. The number of aryl methyl sites for hydroxylation is 1. The van der Waals surface area contributed by atoms with Gasteiger partial charge < -0.3 is 15.1 Å². The number of carbonyl (C=O) groups is 1. The minimum atomic E-state index is -0.898. The molecule has 0 saturated carbocycles. The van der Waals surface area contributed by atoms with Crippen molar-refractivity contribution in [2.24, 2.45) is 5.73 Å². The number of rotatable bonds is 7. The summed E-state index contributed by atoms with van der Waals surface area (Å²) in [6.45, 7) is 4.47. The molecule has 2 N–H and O–H groups in total. The van der Waals surface area contributed by atoms with Crippen LogP contribution in [-0.2, 0) is 12.0 Å². The van der Waals surface area contributed by atoms with Crippen LogP contribution >= 0.6 is 11.3 Å². The van der Waals surface area contributed by atoms with Gasteiger partial charge in [0.15, 0.2) is 0 Å². The lowest BCUT2D eigenvalue weighted by Crippen LogP contribution is -2.35. The number of hydrogen-bond donors (Lipinski definition) is 1. The summed E-state index contributed by atoms with van der Waals surface area (Å²) < 4.78 is 6.16. The molecule has 2 unspecified atom stereocenters. The van der Waals surface area contributed by atoms with Crippen LogP contribution in [0.5, 0.6) is 0 Å². The predicted octanol–water partition coefficient (Wildman–Crippen LogP) is 6.43. The molecule has 0 spiro atoms. The quantitative estimate of drug-likeness (QED) is 0.238. The Kier molecular flexibility index (Phi) is 7.42. The highest BCUT2D eigenvalue weighted by atomic mass is 32.1. The third-order valence-corrected chi connectivity index (χ3v) is 8.61. The molecule has 1 aliphatic rings. The van der Waals surface area contributed by atoms with Crippen molar-refractivity contribution in [2.75, 3.05) is 6.54 Å². The van der Waals surface area contributed by atoms with Gasteiger partial charge in [0.05, 0.1) is 23.2 Å². The summed E-state index contributed by atoms with van der Waals surface area (Å²) in [5.74, 6) is 0.458. The molecular weight excluding hydrogens is 544 g/mol. The van der Waals surface area contributed by atoms with E-state index in [1.54, 1.807) is 23.5 Å². The van der Waals surface area contributed by atoms with Gasteiger partial charge in [0.25, 0.3) is 5.91 Å². The van der Waals surface area contributed by atoms with Crippen molar-refractivity contribution in [1.29, 1.82) is 5.26 Å². The summed E-state index contributed by atoms with van der Waals surface area (Å²) >= 11 is 1.59. The van der Waals surface area contributed by atoms with Gasteiger partial charge in [-0.1, -0.05) is 48.5 Å². The molecule has 0 bridgehead atoms. The fourth-order valence-corrected chi connectivity index (χ4v) is 6.43. The summed E-state index contributed by atoms with van der Waals surface area (Å²) in [4.78, 5) is 20.6. The van der Waals surface area contributed by atoms with Crippen molar-refractivity contribution in [3.05, 3.63) is 111 Å². The Morgan fingerprint density at radius 3 is 2.64 bits per heavy atom. The lowest BCUT2D eigenvalue weighted by Gasteiger charge is -2.24. The number of carbonyl (C=O) groups excluding carboxylic acids is 1.